The minimum absolute atomic E-state index is 0.00651. The van der Waals surface area contributed by atoms with Crippen molar-refractivity contribution in [2.75, 3.05) is 16.7 Å². The zero-order valence-corrected chi connectivity index (χ0v) is 29.4. The fourth-order valence-electron chi connectivity index (χ4n) is 5.59. The molecule has 0 radical (unpaired) electrons. The number of hydrogen-bond donors (Lipinski definition) is 4. The fourth-order valence-corrected chi connectivity index (χ4v) is 6.86. The van der Waals surface area contributed by atoms with Crippen LogP contribution in [0.1, 0.15) is 47.8 Å². The molecule has 3 aromatic rings. The lowest BCUT2D eigenvalue weighted by Crippen LogP contribution is -2.54. The lowest BCUT2D eigenvalue weighted by Gasteiger charge is -2.24. The molecule has 0 aromatic heterocycles. The SMILES string of the molecule is Cc1cc(CNC(C)(C)C)ccc1S(=O)(=O)Nc1ccc(C(=O)N[C@@H](Cc2ccc(N3C(=O)C4C=CN=CC4=[N+](C)C3=O)cc2)C(=O)O)c(F)c1. The molecule has 4 amide bonds. The van der Waals surface area contributed by atoms with Gasteiger partial charge in [-0.25, -0.2) is 22.4 Å². The van der Waals surface area contributed by atoms with Gasteiger partial charge in [0.2, 0.25) is 0 Å². The van der Waals surface area contributed by atoms with Gasteiger partial charge in [-0.2, -0.15) is 9.37 Å². The molecule has 266 valence electrons. The van der Waals surface area contributed by atoms with E-state index in [2.05, 4.69) is 20.3 Å². The summed E-state index contributed by atoms with van der Waals surface area (Å²) in [5.74, 6) is -4.63. The number of carboxylic acids is 1. The highest BCUT2D eigenvalue weighted by Crippen LogP contribution is 2.26. The Kier molecular flexibility index (Phi) is 10.3. The first-order chi connectivity index (χ1) is 23.9. The van der Waals surface area contributed by atoms with Gasteiger partial charge in [0.1, 0.15) is 29.2 Å². The summed E-state index contributed by atoms with van der Waals surface area (Å²) in [5, 5.41) is 15.5. The third-order valence-corrected chi connectivity index (χ3v) is 9.84. The van der Waals surface area contributed by atoms with Crippen molar-refractivity contribution in [1.82, 2.24) is 10.6 Å². The largest absolute Gasteiger partial charge is 0.506 e. The van der Waals surface area contributed by atoms with Crippen molar-refractivity contribution in [2.45, 2.75) is 57.1 Å². The molecule has 2 heterocycles. The number of fused-ring (bicyclic) bond motifs is 1. The summed E-state index contributed by atoms with van der Waals surface area (Å²) in [6, 6.07) is 12.0. The zero-order valence-electron chi connectivity index (χ0n) is 28.6. The Bertz CT molecular complexity index is 2120. The lowest BCUT2D eigenvalue weighted by molar-refractivity contribution is -0.392. The second kappa shape index (κ2) is 14.4. The van der Waals surface area contributed by atoms with Crippen LogP contribution in [0, 0.1) is 18.7 Å². The van der Waals surface area contributed by atoms with E-state index in [1.807, 2.05) is 20.8 Å². The number of rotatable bonds is 11. The van der Waals surface area contributed by atoms with Crippen LogP contribution in [-0.4, -0.2) is 72.5 Å². The third kappa shape index (κ3) is 8.27. The Balaban J connectivity index is 1.24. The van der Waals surface area contributed by atoms with E-state index in [1.54, 1.807) is 25.1 Å². The number of urea groups is 1. The average molecular weight is 718 g/mol. The van der Waals surface area contributed by atoms with Crippen molar-refractivity contribution in [3.63, 3.8) is 0 Å². The molecule has 2 atom stereocenters. The minimum atomic E-state index is -4.11. The minimum Gasteiger partial charge on any atom is -0.480 e. The maximum Gasteiger partial charge on any atom is 0.506 e. The summed E-state index contributed by atoms with van der Waals surface area (Å²) in [5.41, 5.74) is 1.81. The number of carbonyl (C=O) groups excluding carboxylic acids is 3. The molecule has 0 saturated heterocycles. The summed E-state index contributed by atoms with van der Waals surface area (Å²) in [6.07, 6.45) is 4.32. The van der Waals surface area contributed by atoms with Gasteiger partial charge in [0.25, 0.3) is 15.9 Å². The van der Waals surface area contributed by atoms with Crippen molar-refractivity contribution in [2.24, 2.45) is 10.9 Å². The van der Waals surface area contributed by atoms with E-state index in [0.29, 0.717) is 23.4 Å². The van der Waals surface area contributed by atoms with Gasteiger partial charge in [0, 0.05) is 24.7 Å². The number of hydrogen-bond acceptors (Lipinski definition) is 8. The van der Waals surface area contributed by atoms with E-state index in [4.69, 9.17) is 0 Å². The van der Waals surface area contributed by atoms with Gasteiger partial charge in [-0.05, 0) is 86.9 Å². The number of amides is 4. The molecule has 2 aliphatic rings. The highest BCUT2D eigenvalue weighted by Gasteiger charge is 2.47. The second-order valence-corrected chi connectivity index (χ2v) is 14.9. The Labute approximate surface area is 294 Å². The van der Waals surface area contributed by atoms with E-state index in [9.17, 15) is 32.7 Å². The smallest absolute Gasteiger partial charge is 0.480 e. The molecule has 0 spiro atoms. The fraction of sp³-hybridized carbons (Fsp3) is 0.278. The number of imide groups is 1. The standard InChI is InChI=1S/C36H37FN6O7S/c1-21-16-23(19-39-36(2,3)4)8-13-31(21)51(49,50)41-24-9-12-26(28(37)18-24)32(44)40-29(34(46)47)17-22-6-10-25(11-7-22)43-33(45)27-14-15-38-20-30(27)42(5)35(43)48/h6-16,18,20,27,29,39H,17,19H2,1-5H3,(H2-,40,41,44,46,47)/p+1/t27?,29-/m0/s1. The molecule has 13 nitrogen and oxygen atoms in total. The molecule has 1 unspecified atom stereocenters. The van der Waals surface area contributed by atoms with Gasteiger partial charge in [-0.3, -0.25) is 14.5 Å². The number of aliphatic imine (C=N–C) groups is 1. The average Bonchev–Trinajstić information content (AvgIpc) is 3.06. The molecule has 51 heavy (non-hydrogen) atoms. The summed E-state index contributed by atoms with van der Waals surface area (Å²) < 4.78 is 45.1. The number of aliphatic carboxylic acids is 1. The molecule has 0 bridgehead atoms. The Morgan fingerprint density at radius 3 is 2.35 bits per heavy atom. The number of carboxylic acid groups (broad SMARTS) is 1. The van der Waals surface area contributed by atoms with Crippen molar-refractivity contribution in [1.29, 1.82) is 0 Å². The molecule has 0 saturated carbocycles. The number of halogens is 1. The highest BCUT2D eigenvalue weighted by atomic mass is 32.2. The van der Waals surface area contributed by atoms with Gasteiger partial charge in [0.15, 0.2) is 0 Å². The zero-order chi connectivity index (χ0) is 37.2. The van der Waals surface area contributed by atoms with Crippen LogP contribution in [-0.2, 0) is 32.6 Å². The normalized spacial score (nSPS) is 16.6. The molecule has 4 N–H and O–H groups in total. The van der Waals surface area contributed by atoms with Crippen molar-refractivity contribution < 1.29 is 41.7 Å². The van der Waals surface area contributed by atoms with Crippen LogP contribution in [0.3, 0.4) is 0 Å². The van der Waals surface area contributed by atoms with Crippen LogP contribution in [0.2, 0.25) is 0 Å². The monoisotopic (exact) mass is 717 g/mol. The Morgan fingerprint density at radius 1 is 1.04 bits per heavy atom. The summed E-state index contributed by atoms with van der Waals surface area (Å²) in [7, 11) is -2.58. The Hall–Kier alpha value is -5.54. The predicted octanol–water partition coefficient (Wildman–Crippen LogP) is 4.01. The van der Waals surface area contributed by atoms with Crippen LogP contribution in [0.15, 0.2) is 82.8 Å². The first kappa shape index (κ1) is 36.7. The van der Waals surface area contributed by atoms with Crippen molar-refractivity contribution >= 4 is 57.1 Å². The van der Waals surface area contributed by atoms with Crippen LogP contribution in [0.25, 0.3) is 0 Å². The number of aryl methyl sites for hydroxylation is 1. The number of benzene rings is 3. The van der Waals surface area contributed by atoms with E-state index in [-0.39, 0.29) is 28.2 Å². The van der Waals surface area contributed by atoms with E-state index < -0.39 is 57.2 Å². The topological polar surface area (TPSA) is 177 Å². The third-order valence-electron chi connectivity index (χ3n) is 8.30. The number of sulfonamides is 1. The maximum absolute atomic E-state index is 15.2. The maximum atomic E-state index is 15.2. The lowest BCUT2D eigenvalue weighted by atomic mass is 9.97. The summed E-state index contributed by atoms with van der Waals surface area (Å²) >= 11 is 0. The molecule has 3 aromatic carbocycles. The van der Waals surface area contributed by atoms with Crippen LogP contribution < -0.4 is 20.3 Å². The quantitative estimate of drug-likeness (QED) is 0.215. The van der Waals surface area contributed by atoms with Gasteiger partial charge in [0.05, 0.1) is 29.4 Å². The molecule has 2 aliphatic heterocycles. The van der Waals surface area contributed by atoms with Crippen molar-refractivity contribution in [3.8, 4) is 0 Å². The van der Waals surface area contributed by atoms with Gasteiger partial charge in [-0.1, -0.05) is 24.3 Å². The van der Waals surface area contributed by atoms with E-state index >= 15 is 4.39 Å². The molecule has 5 rings (SSSR count). The molecule has 0 fully saturated rings. The first-order valence-electron chi connectivity index (χ1n) is 15.9. The number of nitrogens with one attached hydrogen (secondary N) is 3. The molecular formula is C36H38FN6O7S+. The second-order valence-electron chi connectivity index (χ2n) is 13.3. The van der Waals surface area contributed by atoms with Crippen molar-refractivity contribution in [3.05, 3.63) is 101 Å². The molecular weight excluding hydrogens is 679 g/mol. The number of nitrogens with zero attached hydrogens (tertiary/aromatic N) is 3. The first-order valence-corrected chi connectivity index (χ1v) is 17.4. The van der Waals surface area contributed by atoms with Crippen LogP contribution in [0.4, 0.5) is 20.6 Å². The van der Waals surface area contributed by atoms with E-state index in [1.165, 1.54) is 60.4 Å². The molecule has 15 heteroatoms. The predicted molar refractivity (Wildman–Crippen MR) is 189 cm³/mol. The highest BCUT2D eigenvalue weighted by molar-refractivity contribution is 7.92. The van der Waals surface area contributed by atoms with Crippen LogP contribution >= 0.6 is 0 Å². The van der Waals surface area contributed by atoms with Gasteiger partial charge in [-0.15, -0.1) is 4.90 Å². The number of anilines is 2. The Morgan fingerprint density at radius 2 is 1.73 bits per heavy atom. The van der Waals surface area contributed by atoms with E-state index in [0.717, 1.165) is 22.6 Å². The van der Waals surface area contributed by atoms with Gasteiger partial charge >= 0.3 is 17.9 Å². The molecule has 0 aliphatic carbocycles. The summed E-state index contributed by atoms with van der Waals surface area (Å²) in [4.78, 5) is 56.2. The number of carbonyl (C=O) groups is 4. The summed E-state index contributed by atoms with van der Waals surface area (Å²) in [6.45, 7) is 8.26. The van der Waals surface area contributed by atoms with Crippen LogP contribution in [0.5, 0.6) is 0 Å². The van der Waals surface area contributed by atoms with Gasteiger partial charge < -0.3 is 15.7 Å².